The smallest absolute Gasteiger partial charge is 0.219 e. The predicted octanol–water partition coefficient (Wildman–Crippen LogP) is 1.42. The van der Waals surface area contributed by atoms with E-state index in [1.807, 2.05) is 20.8 Å². The van der Waals surface area contributed by atoms with Crippen LogP contribution in [0.15, 0.2) is 0 Å². The second-order valence-electron chi connectivity index (χ2n) is 5.91. The van der Waals surface area contributed by atoms with Gasteiger partial charge in [0, 0.05) is 13.1 Å². The molecule has 0 aromatic rings. The third-order valence-electron chi connectivity index (χ3n) is 2.62. The molecule has 0 aliphatic heterocycles. The first-order chi connectivity index (χ1) is 6.98. The molecule has 16 heavy (non-hydrogen) atoms. The van der Waals surface area contributed by atoms with Crippen molar-refractivity contribution in [3.05, 3.63) is 0 Å². The first-order valence-corrected chi connectivity index (χ1v) is 7.12. The lowest BCUT2D eigenvalue weighted by molar-refractivity contribution is 0.268. The summed E-state index contributed by atoms with van der Waals surface area (Å²) in [5.41, 5.74) is 5.45. The van der Waals surface area contributed by atoms with Crippen molar-refractivity contribution in [2.45, 2.75) is 46.3 Å². The van der Waals surface area contributed by atoms with E-state index in [0.29, 0.717) is 19.6 Å². The van der Waals surface area contributed by atoms with Gasteiger partial charge in [0.2, 0.25) is 10.0 Å². The minimum atomic E-state index is -3.25. The van der Waals surface area contributed by atoms with Crippen molar-refractivity contribution in [2.24, 2.45) is 11.1 Å². The molecular weight excluding hydrogens is 224 g/mol. The van der Waals surface area contributed by atoms with Crippen molar-refractivity contribution in [1.82, 2.24) is 4.31 Å². The normalized spacial score (nSPS) is 14.5. The quantitative estimate of drug-likeness (QED) is 0.802. The van der Waals surface area contributed by atoms with Crippen LogP contribution in [0.25, 0.3) is 0 Å². The Morgan fingerprint density at radius 2 is 1.56 bits per heavy atom. The minimum absolute atomic E-state index is 0.186. The predicted molar refractivity (Wildman–Crippen MR) is 68.8 cm³/mol. The monoisotopic (exact) mass is 250 g/mol. The van der Waals surface area contributed by atoms with Crippen LogP contribution < -0.4 is 5.73 Å². The zero-order chi connectivity index (χ0) is 13.2. The van der Waals surface area contributed by atoms with Crippen molar-refractivity contribution < 1.29 is 8.42 Å². The van der Waals surface area contributed by atoms with E-state index in [1.165, 1.54) is 4.31 Å². The van der Waals surface area contributed by atoms with Gasteiger partial charge in [0.25, 0.3) is 0 Å². The van der Waals surface area contributed by atoms with Crippen LogP contribution in [0, 0.1) is 5.41 Å². The Morgan fingerprint density at radius 3 is 1.81 bits per heavy atom. The first-order valence-electron chi connectivity index (χ1n) is 5.67. The second kappa shape index (κ2) is 5.02. The van der Waals surface area contributed by atoms with Crippen LogP contribution in [0.3, 0.4) is 0 Å². The van der Waals surface area contributed by atoms with Crippen molar-refractivity contribution >= 4 is 10.0 Å². The molecule has 98 valence electrons. The van der Waals surface area contributed by atoms with Crippen LogP contribution in [-0.4, -0.2) is 37.1 Å². The number of sulfonamides is 1. The molecule has 0 saturated heterocycles. The number of nitrogens with two attached hydrogens (primary N) is 1. The highest BCUT2D eigenvalue weighted by atomic mass is 32.2. The van der Waals surface area contributed by atoms with E-state index in [9.17, 15) is 8.42 Å². The maximum absolute atomic E-state index is 12.3. The van der Waals surface area contributed by atoms with Gasteiger partial charge >= 0.3 is 0 Å². The van der Waals surface area contributed by atoms with Gasteiger partial charge in [-0.3, -0.25) is 0 Å². The van der Waals surface area contributed by atoms with E-state index in [4.69, 9.17) is 5.73 Å². The van der Waals surface area contributed by atoms with Crippen molar-refractivity contribution in [1.29, 1.82) is 0 Å². The molecule has 0 radical (unpaired) electrons. The van der Waals surface area contributed by atoms with E-state index in [2.05, 4.69) is 0 Å². The molecule has 0 aliphatic rings. The number of hydrogen-bond donors (Lipinski definition) is 1. The van der Waals surface area contributed by atoms with Gasteiger partial charge in [-0.25, -0.2) is 12.7 Å². The standard InChI is InChI=1S/C11H26N2O2S/c1-7-13(9-11(5,6)8-12)16(14,15)10(2,3)4/h7-9,12H2,1-6H3. The van der Waals surface area contributed by atoms with Crippen molar-refractivity contribution in [3.8, 4) is 0 Å². The molecule has 0 spiro atoms. The summed E-state index contributed by atoms with van der Waals surface area (Å²) in [6.07, 6.45) is 0. The van der Waals surface area contributed by atoms with Crippen LogP contribution in [0.5, 0.6) is 0 Å². The van der Waals surface area contributed by atoms with Gasteiger partial charge in [-0.1, -0.05) is 20.8 Å². The average Bonchev–Trinajstić information content (AvgIpc) is 2.12. The minimum Gasteiger partial charge on any atom is -0.330 e. The largest absolute Gasteiger partial charge is 0.330 e. The summed E-state index contributed by atoms with van der Waals surface area (Å²) in [7, 11) is -3.25. The lowest BCUT2D eigenvalue weighted by atomic mass is 9.94. The molecule has 0 heterocycles. The Bertz CT molecular complexity index is 315. The molecular formula is C11H26N2O2S. The third kappa shape index (κ3) is 3.71. The molecule has 0 aromatic carbocycles. The van der Waals surface area contributed by atoms with Crippen LogP contribution >= 0.6 is 0 Å². The van der Waals surface area contributed by atoms with Gasteiger partial charge in [0.05, 0.1) is 4.75 Å². The first kappa shape index (κ1) is 15.9. The van der Waals surface area contributed by atoms with Crippen molar-refractivity contribution in [3.63, 3.8) is 0 Å². The van der Waals surface area contributed by atoms with E-state index < -0.39 is 14.8 Å². The summed E-state index contributed by atoms with van der Waals surface area (Å²) in [5.74, 6) is 0. The summed E-state index contributed by atoms with van der Waals surface area (Å²) in [5, 5.41) is 0. The molecule has 0 rings (SSSR count). The Kier molecular flexibility index (Phi) is 4.98. The van der Waals surface area contributed by atoms with Crippen LogP contribution in [0.2, 0.25) is 0 Å². The van der Waals surface area contributed by atoms with E-state index in [1.54, 1.807) is 20.8 Å². The Hall–Kier alpha value is -0.130. The van der Waals surface area contributed by atoms with Gasteiger partial charge in [0.15, 0.2) is 0 Å². The number of hydrogen-bond acceptors (Lipinski definition) is 3. The summed E-state index contributed by atoms with van der Waals surface area (Å²) in [6.45, 7) is 12.4. The van der Waals surface area contributed by atoms with Crippen LogP contribution in [0.4, 0.5) is 0 Å². The maximum atomic E-state index is 12.3. The Labute approximate surface area is 100 Å². The zero-order valence-corrected chi connectivity index (χ0v) is 12.2. The average molecular weight is 250 g/mol. The van der Waals surface area contributed by atoms with Crippen molar-refractivity contribution in [2.75, 3.05) is 19.6 Å². The highest BCUT2D eigenvalue weighted by Crippen LogP contribution is 2.24. The lowest BCUT2D eigenvalue weighted by Gasteiger charge is -2.34. The summed E-state index contributed by atoms with van der Waals surface area (Å²) >= 11 is 0. The Morgan fingerprint density at radius 1 is 1.12 bits per heavy atom. The van der Waals surface area contributed by atoms with E-state index >= 15 is 0 Å². The van der Waals surface area contributed by atoms with Crippen LogP contribution in [-0.2, 0) is 10.0 Å². The molecule has 0 fully saturated rings. The lowest BCUT2D eigenvalue weighted by Crippen LogP contribution is -2.48. The second-order valence-corrected chi connectivity index (χ2v) is 8.60. The molecule has 0 saturated carbocycles. The molecule has 4 nitrogen and oxygen atoms in total. The fourth-order valence-electron chi connectivity index (χ4n) is 1.30. The highest BCUT2D eigenvalue weighted by molar-refractivity contribution is 7.90. The fourth-order valence-corrected chi connectivity index (χ4v) is 2.93. The molecule has 0 aliphatic carbocycles. The zero-order valence-electron chi connectivity index (χ0n) is 11.4. The number of nitrogens with zero attached hydrogens (tertiary/aromatic N) is 1. The molecule has 0 atom stereocenters. The maximum Gasteiger partial charge on any atom is 0.219 e. The molecule has 0 amide bonds. The van der Waals surface area contributed by atoms with E-state index in [0.717, 1.165) is 0 Å². The molecule has 2 N–H and O–H groups in total. The SMILES string of the molecule is CCN(CC(C)(C)CN)S(=O)(=O)C(C)(C)C. The van der Waals surface area contributed by atoms with Gasteiger partial charge < -0.3 is 5.73 Å². The summed E-state index contributed by atoms with van der Waals surface area (Å²) < 4.78 is 25.3. The van der Waals surface area contributed by atoms with E-state index in [-0.39, 0.29) is 5.41 Å². The van der Waals surface area contributed by atoms with Gasteiger partial charge in [-0.2, -0.15) is 0 Å². The number of rotatable bonds is 5. The molecule has 0 unspecified atom stereocenters. The van der Waals surface area contributed by atoms with Gasteiger partial charge in [0.1, 0.15) is 0 Å². The Balaban J connectivity index is 5.04. The highest BCUT2D eigenvalue weighted by Gasteiger charge is 2.36. The summed E-state index contributed by atoms with van der Waals surface area (Å²) in [6, 6.07) is 0. The fraction of sp³-hybridized carbons (Fsp3) is 1.00. The molecule has 0 aromatic heterocycles. The topological polar surface area (TPSA) is 63.4 Å². The summed E-state index contributed by atoms with van der Waals surface area (Å²) in [4.78, 5) is 0. The van der Waals surface area contributed by atoms with Crippen LogP contribution in [0.1, 0.15) is 41.5 Å². The molecule has 5 heteroatoms. The van der Waals surface area contributed by atoms with Gasteiger partial charge in [-0.15, -0.1) is 0 Å². The third-order valence-corrected chi connectivity index (χ3v) is 5.24. The van der Waals surface area contributed by atoms with Gasteiger partial charge in [-0.05, 0) is 32.7 Å². The molecule has 0 bridgehead atoms.